The van der Waals surface area contributed by atoms with Gasteiger partial charge in [0.25, 0.3) is 11.1 Å². The average Bonchev–Trinajstić information content (AvgIpc) is 3.17. The third-order valence-corrected chi connectivity index (χ3v) is 7.52. The molecule has 2 fully saturated rings. The molecular weight excluding hydrogens is 578 g/mol. The lowest BCUT2D eigenvalue weighted by molar-refractivity contribution is -0.139. The predicted octanol–water partition coefficient (Wildman–Crippen LogP) is 3.70. The Morgan fingerprint density at radius 2 is 1.74 bits per heavy atom. The van der Waals surface area contributed by atoms with E-state index in [-0.39, 0.29) is 23.1 Å². The number of para-hydroxylation sites is 1. The monoisotopic (exact) mass is 603 g/mol. The first-order chi connectivity index (χ1) is 18.3. The fraction of sp³-hybridized carbons (Fsp3) is 0.308. The van der Waals surface area contributed by atoms with Gasteiger partial charge in [0.15, 0.2) is 18.1 Å². The standard InChI is InChI=1S/C26H26BrN3O7S/c1-2-36-20-12-17(19(27)14-21(20)37-16-24(32)33)13-22-25(34)30(26(35)38-22)15-23(31)29-10-8-28(9-11-29)18-6-4-3-5-7-18/h3-7,12-14H,2,8-11,15-16H2,1H3,(H,32,33)/b22-13+. The zero-order valence-electron chi connectivity index (χ0n) is 20.6. The van der Waals surface area contributed by atoms with Gasteiger partial charge < -0.3 is 24.4 Å². The van der Waals surface area contributed by atoms with E-state index in [9.17, 15) is 19.2 Å². The van der Waals surface area contributed by atoms with E-state index in [0.717, 1.165) is 22.3 Å². The van der Waals surface area contributed by atoms with Crippen LogP contribution in [0.5, 0.6) is 11.5 Å². The zero-order valence-corrected chi connectivity index (χ0v) is 23.0. The van der Waals surface area contributed by atoms with E-state index in [1.165, 1.54) is 6.08 Å². The number of piperazine rings is 1. The van der Waals surface area contributed by atoms with Crippen molar-refractivity contribution in [2.75, 3.05) is 50.8 Å². The Bertz CT molecular complexity index is 1260. The molecule has 2 aromatic carbocycles. The number of amides is 3. The Labute approximate surface area is 232 Å². The van der Waals surface area contributed by atoms with Crippen molar-refractivity contribution in [3.05, 3.63) is 57.4 Å². The van der Waals surface area contributed by atoms with Gasteiger partial charge in [0, 0.05) is 36.3 Å². The molecule has 2 heterocycles. The number of thioether (sulfide) groups is 1. The van der Waals surface area contributed by atoms with E-state index >= 15 is 0 Å². The minimum absolute atomic E-state index is 0.166. The van der Waals surface area contributed by atoms with Gasteiger partial charge in [0.1, 0.15) is 6.54 Å². The van der Waals surface area contributed by atoms with Crippen LogP contribution in [0.3, 0.4) is 0 Å². The van der Waals surface area contributed by atoms with Gasteiger partial charge in [-0.15, -0.1) is 0 Å². The number of ether oxygens (including phenoxy) is 2. The SMILES string of the molecule is CCOc1cc(/C=C2/SC(=O)N(CC(=O)N3CCN(c4ccccc4)CC3)C2=O)c(Br)cc1OCC(=O)O. The molecule has 3 amide bonds. The lowest BCUT2D eigenvalue weighted by Crippen LogP contribution is -2.51. The maximum absolute atomic E-state index is 13.0. The minimum atomic E-state index is -1.13. The van der Waals surface area contributed by atoms with Crippen LogP contribution in [0.4, 0.5) is 10.5 Å². The summed E-state index contributed by atoms with van der Waals surface area (Å²) in [7, 11) is 0. The summed E-state index contributed by atoms with van der Waals surface area (Å²) in [5, 5.41) is 8.39. The molecule has 2 aliphatic rings. The number of carbonyl (C=O) groups is 4. The fourth-order valence-electron chi connectivity index (χ4n) is 4.05. The average molecular weight is 604 g/mol. The molecule has 12 heteroatoms. The van der Waals surface area contributed by atoms with Crippen LogP contribution >= 0.6 is 27.7 Å². The van der Waals surface area contributed by atoms with Crippen molar-refractivity contribution in [1.82, 2.24) is 9.80 Å². The number of rotatable bonds is 9. The predicted molar refractivity (Wildman–Crippen MR) is 146 cm³/mol. The first-order valence-corrected chi connectivity index (χ1v) is 13.5. The quantitative estimate of drug-likeness (QED) is 0.428. The van der Waals surface area contributed by atoms with Crippen molar-refractivity contribution in [3.63, 3.8) is 0 Å². The molecule has 0 unspecified atom stereocenters. The third kappa shape index (κ3) is 6.48. The van der Waals surface area contributed by atoms with Crippen LogP contribution < -0.4 is 14.4 Å². The molecule has 0 saturated carbocycles. The van der Waals surface area contributed by atoms with Gasteiger partial charge in [-0.3, -0.25) is 19.3 Å². The molecule has 2 aliphatic heterocycles. The lowest BCUT2D eigenvalue weighted by Gasteiger charge is -2.36. The zero-order chi connectivity index (χ0) is 27.2. The Kier molecular flexibility index (Phi) is 8.95. The van der Waals surface area contributed by atoms with Crippen molar-refractivity contribution < 1.29 is 33.8 Å². The highest BCUT2D eigenvalue weighted by atomic mass is 79.9. The fourth-order valence-corrected chi connectivity index (χ4v) is 5.31. The van der Waals surface area contributed by atoms with Crippen LogP contribution in [0.25, 0.3) is 6.08 Å². The highest BCUT2D eigenvalue weighted by molar-refractivity contribution is 9.10. The molecular formula is C26H26BrN3O7S. The van der Waals surface area contributed by atoms with Crippen LogP contribution in [0.1, 0.15) is 12.5 Å². The van der Waals surface area contributed by atoms with E-state index in [4.69, 9.17) is 14.6 Å². The molecule has 10 nitrogen and oxygen atoms in total. The van der Waals surface area contributed by atoms with E-state index in [1.54, 1.807) is 24.0 Å². The maximum Gasteiger partial charge on any atom is 0.341 e. The van der Waals surface area contributed by atoms with E-state index < -0.39 is 23.7 Å². The molecule has 2 aromatic rings. The smallest absolute Gasteiger partial charge is 0.341 e. The highest BCUT2D eigenvalue weighted by Gasteiger charge is 2.37. The molecule has 1 N–H and O–H groups in total. The minimum Gasteiger partial charge on any atom is -0.490 e. The summed E-state index contributed by atoms with van der Waals surface area (Å²) in [5.41, 5.74) is 1.63. The van der Waals surface area contributed by atoms with Crippen molar-refractivity contribution in [2.45, 2.75) is 6.92 Å². The Morgan fingerprint density at radius 1 is 1.05 bits per heavy atom. The van der Waals surface area contributed by atoms with Gasteiger partial charge in [0.2, 0.25) is 5.91 Å². The molecule has 0 aliphatic carbocycles. The number of carboxylic acid groups (broad SMARTS) is 1. The molecule has 0 bridgehead atoms. The maximum atomic E-state index is 13.0. The lowest BCUT2D eigenvalue weighted by atomic mass is 10.1. The van der Waals surface area contributed by atoms with Gasteiger partial charge in [-0.25, -0.2) is 4.79 Å². The second kappa shape index (κ2) is 12.4. The number of carbonyl (C=O) groups excluding carboxylic acids is 3. The van der Waals surface area contributed by atoms with Gasteiger partial charge in [-0.2, -0.15) is 0 Å². The number of hydrogen-bond acceptors (Lipinski definition) is 8. The number of carboxylic acids is 1. The van der Waals surface area contributed by atoms with Gasteiger partial charge in [0.05, 0.1) is 11.5 Å². The number of benzene rings is 2. The van der Waals surface area contributed by atoms with Crippen LogP contribution in [0.15, 0.2) is 51.8 Å². The number of anilines is 1. The molecule has 38 heavy (non-hydrogen) atoms. The summed E-state index contributed by atoms with van der Waals surface area (Å²) in [5.74, 6) is -1.43. The Morgan fingerprint density at radius 3 is 2.39 bits per heavy atom. The van der Waals surface area contributed by atoms with Crippen molar-refractivity contribution in [3.8, 4) is 11.5 Å². The van der Waals surface area contributed by atoms with Crippen LogP contribution in [-0.2, 0) is 14.4 Å². The van der Waals surface area contributed by atoms with Crippen LogP contribution in [0, 0.1) is 0 Å². The van der Waals surface area contributed by atoms with Crippen molar-refractivity contribution in [2.24, 2.45) is 0 Å². The summed E-state index contributed by atoms with van der Waals surface area (Å²) >= 11 is 4.16. The summed E-state index contributed by atoms with van der Waals surface area (Å²) in [6.45, 7) is 3.56. The molecule has 0 spiro atoms. The van der Waals surface area contributed by atoms with Crippen LogP contribution in [0.2, 0.25) is 0 Å². The molecule has 0 aromatic heterocycles. The summed E-state index contributed by atoms with van der Waals surface area (Å²) in [6, 6.07) is 13.1. The summed E-state index contributed by atoms with van der Waals surface area (Å²) in [4.78, 5) is 54.5. The molecule has 0 atom stereocenters. The molecule has 200 valence electrons. The third-order valence-electron chi connectivity index (χ3n) is 5.92. The second-order valence-corrected chi connectivity index (χ2v) is 10.3. The Hall–Kier alpha value is -3.51. The van der Waals surface area contributed by atoms with Crippen molar-refractivity contribution in [1.29, 1.82) is 0 Å². The van der Waals surface area contributed by atoms with Gasteiger partial charge in [-0.05, 0) is 54.6 Å². The van der Waals surface area contributed by atoms with E-state index in [1.807, 2.05) is 30.3 Å². The Balaban J connectivity index is 1.42. The van der Waals surface area contributed by atoms with Gasteiger partial charge >= 0.3 is 5.97 Å². The van der Waals surface area contributed by atoms with E-state index in [0.29, 0.717) is 48.6 Å². The second-order valence-electron chi connectivity index (χ2n) is 8.41. The highest BCUT2D eigenvalue weighted by Crippen LogP contribution is 2.38. The topological polar surface area (TPSA) is 117 Å². The summed E-state index contributed by atoms with van der Waals surface area (Å²) in [6.07, 6.45) is 1.53. The molecule has 2 saturated heterocycles. The first kappa shape index (κ1) is 27.5. The number of aliphatic carboxylic acids is 1. The molecule has 4 rings (SSSR count). The number of halogens is 1. The van der Waals surface area contributed by atoms with Gasteiger partial charge in [-0.1, -0.05) is 34.1 Å². The number of nitrogens with zero attached hydrogens (tertiary/aromatic N) is 3. The normalized spacial score (nSPS) is 16.8. The van der Waals surface area contributed by atoms with Crippen molar-refractivity contribution >= 4 is 62.5 Å². The largest absolute Gasteiger partial charge is 0.490 e. The number of imide groups is 1. The summed E-state index contributed by atoms with van der Waals surface area (Å²) < 4.78 is 11.4. The number of hydrogen-bond donors (Lipinski definition) is 1. The molecule has 0 radical (unpaired) electrons. The van der Waals surface area contributed by atoms with E-state index in [2.05, 4.69) is 20.8 Å². The van der Waals surface area contributed by atoms with Crippen LogP contribution in [-0.4, -0.2) is 83.9 Å². The first-order valence-electron chi connectivity index (χ1n) is 11.9.